The fourth-order valence-corrected chi connectivity index (χ4v) is 2.61. The summed E-state index contributed by atoms with van der Waals surface area (Å²) in [6.07, 6.45) is 0.369. The van der Waals surface area contributed by atoms with Crippen molar-refractivity contribution in [3.63, 3.8) is 0 Å². The van der Waals surface area contributed by atoms with Crippen LogP contribution in [0.2, 0.25) is 0 Å². The normalized spacial score (nSPS) is 32.0. The van der Waals surface area contributed by atoms with E-state index in [1.165, 1.54) is 13.8 Å². The van der Waals surface area contributed by atoms with Gasteiger partial charge in [0, 0.05) is 12.0 Å². The lowest BCUT2D eigenvalue weighted by molar-refractivity contribution is -0.221. The number of rotatable bonds is 4. The van der Waals surface area contributed by atoms with Crippen LogP contribution in [-0.2, 0) is 28.6 Å². The molecule has 116 valence electrons. The lowest BCUT2D eigenvalue weighted by Gasteiger charge is -2.47. The van der Waals surface area contributed by atoms with Crippen LogP contribution in [0.25, 0.3) is 0 Å². The van der Waals surface area contributed by atoms with E-state index in [4.69, 9.17) is 14.2 Å². The predicted molar refractivity (Wildman–Crippen MR) is 72.1 cm³/mol. The zero-order chi connectivity index (χ0) is 15.8. The zero-order valence-corrected chi connectivity index (χ0v) is 12.5. The highest BCUT2D eigenvalue weighted by Gasteiger charge is 2.53. The molecule has 2 bridgehead atoms. The molecule has 3 rings (SSSR count). The maximum Gasteiger partial charge on any atom is 0.347 e. The van der Waals surface area contributed by atoms with Crippen molar-refractivity contribution in [1.82, 2.24) is 0 Å². The summed E-state index contributed by atoms with van der Waals surface area (Å²) >= 11 is 0. The Morgan fingerprint density at radius 3 is 2.67 bits per heavy atom. The van der Waals surface area contributed by atoms with Gasteiger partial charge in [-0.25, -0.2) is 9.59 Å². The van der Waals surface area contributed by atoms with Crippen LogP contribution in [0.15, 0.2) is 12.2 Å². The molecule has 0 aromatic carbocycles. The molecule has 1 saturated carbocycles. The van der Waals surface area contributed by atoms with Gasteiger partial charge in [-0.3, -0.25) is 4.79 Å². The van der Waals surface area contributed by atoms with E-state index in [-0.39, 0.29) is 17.5 Å². The van der Waals surface area contributed by atoms with Gasteiger partial charge >= 0.3 is 17.9 Å². The van der Waals surface area contributed by atoms with E-state index >= 15 is 0 Å². The largest absolute Gasteiger partial charge is 0.455 e. The van der Waals surface area contributed by atoms with Gasteiger partial charge in [-0.15, -0.1) is 0 Å². The second-order valence-electron chi connectivity index (χ2n) is 5.96. The van der Waals surface area contributed by atoms with Crippen molar-refractivity contribution in [3.8, 4) is 0 Å². The van der Waals surface area contributed by atoms with Crippen LogP contribution in [0.5, 0.6) is 0 Å². The van der Waals surface area contributed by atoms with Gasteiger partial charge in [0.1, 0.15) is 11.7 Å². The van der Waals surface area contributed by atoms with Crippen LogP contribution >= 0.6 is 0 Å². The highest BCUT2D eigenvalue weighted by atomic mass is 16.6. The molecule has 0 aromatic heterocycles. The molecule has 0 spiro atoms. The number of hydrogen-bond acceptors (Lipinski definition) is 6. The first kappa shape index (κ1) is 15.5. The van der Waals surface area contributed by atoms with Crippen molar-refractivity contribution in [3.05, 3.63) is 12.2 Å². The van der Waals surface area contributed by atoms with E-state index in [9.17, 15) is 14.4 Å². The highest BCUT2D eigenvalue weighted by Crippen LogP contribution is 2.43. The summed E-state index contributed by atoms with van der Waals surface area (Å²) < 4.78 is 15.7. The standard InChI is InChI=1S/C15H20O6/c1-8(2)12(16)19-9(3)13(17)20-11-7-10-5-6-15(11,4)21-14(10)18/h9-11H,1,5-7H2,2-4H3. The quantitative estimate of drug-likeness (QED) is 0.444. The Morgan fingerprint density at radius 2 is 2.14 bits per heavy atom. The van der Waals surface area contributed by atoms with Crippen LogP contribution in [0.4, 0.5) is 0 Å². The smallest absolute Gasteiger partial charge is 0.347 e. The molecule has 2 heterocycles. The summed E-state index contributed by atoms with van der Waals surface area (Å²) in [5.41, 5.74) is -0.563. The predicted octanol–water partition coefficient (Wildman–Crippen LogP) is 1.52. The Morgan fingerprint density at radius 1 is 1.48 bits per heavy atom. The molecule has 3 fully saturated rings. The number of fused-ring (bicyclic) bond motifs is 3. The third-order valence-electron chi connectivity index (χ3n) is 4.06. The summed E-state index contributed by atoms with van der Waals surface area (Å²) in [5, 5.41) is 0. The van der Waals surface area contributed by atoms with Crippen molar-refractivity contribution in [1.29, 1.82) is 0 Å². The molecule has 4 unspecified atom stereocenters. The molecular formula is C15H20O6. The fourth-order valence-electron chi connectivity index (χ4n) is 2.61. The van der Waals surface area contributed by atoms with Gasteiger partial charge in [-0.1, -0.05) is 6.58 Å². The van der Waals surface area contributed by atoms with E-state index in [0.717, 1.165) is 6.42 Å². The minimum absolute atomic E-state index is 0.210. The first-order chi connectivity index (χ1) is 9.73. The molecule has 6 heteroatoms. The number of carbonyl (C=O) groups is 3. The SMILES string of the molecule is C=C(C)C(=O)OC(C)C(=O)OC1CC2CCC1(C)OC2=O. The maximum absolute atomic E-state index is 12.0. The van der Waals surface area contributed by atoms with Crippen molar-refractivity contribution in [2.24, 2.45) is 5.92 Å². The molecule has 2 aliphatic heterocycles. The number of hydrogen-bond donors (Lipinski definition) is 0. The lowest BCUT2D eigenvalue weighted by Crippen LogP contribution is -2.57. The number of esters is 3. The van der Waals surface area contributed by atoms with E-state index in [2.05, 4.69) is 6.58 Å². The van der Waals surface area contributed by atoms with Crippen LogP contribution in [0.3, 0.4) is 0 Å². The monoisotopic (exact) mass is 296 g/mol. The second-order valence-corrected chi connectivity index (χ2v) is 5.96. The average molecular weight is 296 g/mol. The second kappa shape index (κ2) is 5.50. The van der Waals surface area contributed by atoms with Gasteiger partial charge in [-0.05, 0) is 33.6 Å². The average Bonchev–Trinajstić information content (AvgIpc) is 2.39. The van der Waals surface area contributed by atoms with Crippen LogP contribution < -0.4 is 0 Å². The number of ether oxygens (including phenoxy) is 3. The molecule has 0 N–H and O–H groups in total. The minimum atomic E-state index is -1.02. The topological polar surface area (TPSA) is 78.9 Å². The highest BCUT2D eigenvalue weighted by molar-refractivity contribution is 5.89. The molecule has 4 atom stereocenters. The van der Waals surface area contributed by atoms with Gasteiger partial charge in [0.25, 0.3) is 0 Å². The van der Waals surface area contributed by atoms with Crippen molar-refractivity contribution in [2.75, 3.05) is 0 Å². The van der Waals surface area contributed by atoms with E-state index in [1.807, 2.05) is 0 Å². The van der Waals surface area contributed by atoms with Gasteiger partial charge in [-0.2, -0.15) is 0 Å². The third kappa shape index (κ3) is 3.09. The molecular weight excluding hydrogens is 276 g/mol. The van der Waals surface area contributed by atoms with Crippen molar-refractivity contribution >= 4 is 17.9 Å². The van der Waals surface area contributed by atoms with Gasteiger partial charge in [0.2, 0.25) is 0 Å². The first-order valence-electron chi connectivity index (χ1n) is 7.03. The Hall–Kier alpha value is -1.85. The van der Waals surface area contributed by atoms with E-state index < -0.39 is 29.7 Å². The molecule has 0 amide bonds. The Bertz CT molecular complexity index is 496. The first-order valence-corrected chi connectivity index (χ1v) is 7.03. The molecule has 0 radical (unpaired) electrons. The van der Waals surface area contributed by atoms with Crippen molar-refractivity contribution < 1.29 is 28.6 Å². The zero-order valence-electron chi connectivity index (χ0n) is 12.5. The Kier molecular flexibility index (Phi) is 4.07. The Balaban J connectivity index is 1.95. The third-order valence-corrected chi connectivity index (χ3v) is 4.06. The van der Waals surface area contributed by atoms with E-state index in [0.29, 0.717) is 12.8 Å². The minimum Gasteiger partial charge on any atom is -0.455 e. The van der Waals surface area contributed by atoms with Gasteiger partial charge in [0.05, 0.1) is 5.92 Å². The summed E-state index contributed by atoms with van der Waals surface area (Å²) in [6.45, 7) is 8.16. The molecule has 0 aromatic rings. The van der Waals surface area contributed by atoms with Crippen LogP contribution in [0, 0.1) is 5.92 Å². The van der Waals surface area contributed by atoms with Crippen LogP contribution in [0.1, 0.15) is 40.0 Å². The summed E-state index contributed by atoms with van der Waals surface area (Å²) in [5.74, 6) is -1.71. The molecule has 21 heavy (non-hydrogen) atoms. The van der Waals surface area contributed by atoms with E-state index in [1.54, 1.807) is 6.92 Å². The maximum atomic E-state index is 12.0. The Labute approximate surface area is 123 Å². The van der Waals surface area contributed by atoms with Gasteiger partial charge < -0.3 is 14.2 Å². The van der Waals surface area contributed by atoms with Gasteiger partial charge in [0.15, 0.2) is 6.10 Å². The van der Waals surface area contributed by atoms with Crippen LogP contribution in [-0.4, -0.2) is 35.7 Å². The fraction of sp³-hybridized carbons (Fsp3) is 0.667. The summed E-state index contributed by atoms with van der Waals surface area (Å²) in [6, 6.07) is 0. The molecule has 6 nitrogen and oxygen atoms in total. The number of carbonyl (C=O) groups excluding carboxylic acids is 3. The summed E-state index contributed by atoms with van der Waals surface area (Å²) in [4.78, 5) is 35.0. The van der Waals surface area contributed by atoms with Crippen molar-refractivity contribution in [2.45, 2.75) is 57.8 Å². The lowest BCUT2D eigenvalue weighted by atomic mass is 9.74. The molecule has 3 aliphatic rings. The summed E-state index contributed by atoms with van der Waals surface area (Å²) in [7, 11) is 0. The molecule has 2 saturated heterocycles. The molecule has 1 aliphatic carbocycles.